The van der Waals surface area contributed by atoms with Crippen LogP contribution < -0.4 is 4.74 Å². The van der Waals surface area contributed by atoms with Gasteiger partial charge < -0.3 is 24.5 Å². The van der Waals surface area contributed by atoms with Gasteiger partial charge in [-0.3, -0.25) is 9.59 Å². The molecule has 1 saturated heterocycles. The lowest BCUT2D eigenvalue weighted by Gasteiger charge is -2.24. The molecule has 1 amide bonds. The van der Waals surface area contributed by atoms with Crippen LogP contribution >= 0.6 is 11.6 Å². The molecule has 0 spiro atoms. The van der Waals surface area contributed by atoms with Gasteiger partial charge in [0.05, 0.1) is 30.9 Å². The number of aliphatic hydroxyl groups is 1. The van der Waals surface area contributed by atoms with Gasteiger partial charge in [-0.15, -0.1) is 0 Å². The zero-order valence-electron chi connectivity index (χ0n) is 17.0. The first-order valence-electron chi connectivity index (χ1n) is 9.65. The molecule has 160 valence electrons. The molecule has 8 heteroatoms. The number of aliphatic hydroxyl groups excluding tert-OH is 1. The Kier molecular flexibility index (Phi) is 5.71. The van der Waals surface area contributed by atoms with E-state index in [2.05, 4.69) is 4.98 Å². The number of carbonyl (C=O) groups excluding carboxylic acids is 2. The number of Topliss-reactive ketones (excluding diaryl/α,β-unsaturated/α-hetero) is 1. The molecule has 0 aliphatic carbocycles. The van der Waals surface area contributed by atoms with E-state index in [1.54, 1.807) is 18.3 Å². The molecule has 1 unspecified atom stereocenters. The standard InChI is InChI=1S/C23H21ClN2O5/c1-30-10-9-26-20(16-12-25-17-6-4-3-5-14(16)17)19(22(28)23(26)29)21(27)15-11-13(24)7-8-18(15)31-2/h3-8,11-12,20,25,27H,9-10H2,1-2H3/b21-19+. The highest BCUT2D eigenvalue weighted by Gasteiger charge is 2.46. The van der Waals surface area contributed by atoms with Gasteiger partial charge in [-0.25, -0.2) is 0 Å². The third-order valence-electron chi connectivity index (χ3n) is 5.41. The fourth-order valence-electron chi connectivity index (χ4n) is 3.95. The molecular formula is C23H21ClN2O5. The van der Waals surface area contributed by atoms with Crippen LogP contribution in [-0.4, -0.2) is 54.1 Å². The molecule has 1 aromatic heterocycles. The monoisotopic (exact) mass is 440 g/mol. The minimum absolute atomic E-state index is 0.0218. The van der Waals surface area contributed by atoms with Crippen LogP contribution in [0, 0.1) is 0 Å². The number of H-pyrrole nitrogens is 1. The fourth-order valence-corrected chi connectivity index (χ4v) is 4.13. The lowest BCUT2D eigenvalue weighted by molar-refractivity contribution is -0.140. The lowest BCUT2D eigenvalue weighted by Crippen LogP contribution is -2.32. The van der Waals surface area contributed by atoms with E-state index >= 15 is 0 Å². The van der Waals surface area contributed by atoms with Crippen LogP contribution in [-0.2, 0) is 14.3 Å². The third kappa shape index (κ3) is 3.56. The number of likely N-dealkylation sites (tertiary alicyclic amines) is 1. The summed E-state index contributed by atoms with van der Waals surface area (Å²) in [6.45, 7) is 0.432. The van der Waals surface area contributed by atoms with Gasteiger partial charge in [0.15, 0.2) is 0 Å². The largest absolute Gasteiger partial charge is 0.507 e. The molecule has 2 aromatic carbocycles. The third-order valence-corrected chi connectivity index (χ3v) is 5.64. The second kappa shape index (κ2) is 8.45. The summed E-state index contributed by atoms with van der Waals surface area (Å²) in [7, 11) is 2.97. The molecule has 1 fully saturated rings. The first-order chi connectivity index (χ1) is 15.0. The number of halogens is 1. The molecular weight excluding hydrogens is 420 g/mol. The number of ether oxygens (including phenoxy) is 2. The maximum absolute atomic E-state index is 13.1. The molecule has 3 aromatic rings. The Morgan fingerprint density at radius 1 is 1.19 bits per heavy atom. The number of fused-ring (bicyclic) bond motifs is 1. The maximum atomic E-state index is 13.1. The van der Waals surface area contributed by atoms with Crippen molar-refractivity contribution in [2.24, 2.45) is 0 Å². The molecule has 0 saturated carbocycles. The molecule has 1 aliphatic rings. The molecule has 0 radical (unpaired) electrons. The van der Waals surface area contributed by atoms with Crippen LogP contribution in [0.3, 0.4) is 0 Å². The van der Waals surface area contributed by atoms with Crippen LogP contribution in [0.1, 0.15) is 17.2 Å². The average molecular weight is 441 g/mol. The molecule has 2 N–H and O–H groups in total. The van der Waals surface area contributed by atoms with E-state index in [0.29, 0.717) is 16.3 Å². The van der Waals surface area contributed by atoms with Crippen LogP contribution in [0.4, 0.5) is 0 Å². The molecule has 7 nitrogen and oxygen atoms in total. The van der Waals surface area contributed by atoms with Crippen LogP contribution in [0.2, 0.25) is 5.02 Å². The lowest BCUT2D eigenvalue weighted by atomic mass is 9.94. The van der Waals surface area contributed by atoms with E-state index in [-0.39, 0.29) is 30.0 Å². The van der Waals surface area contributed by atoms with Gasteiger partial charge in [-0.1, -0.05) is 29.8 Å². The highest BCUT2D eigenvalue weighted by Crippen LogP contribution is 2.43. The van der Waals surface area contributed by atoms with Crippen molar-refractivity contribution < 1.29 is 24.2 Å². The number of hydrogen-bond acceptors (Lipinski definition) is 5. The summed E-state index contributed by atoms with van der Waals surface area (Å²) in [6.07, 6.45) is 1.75. The molecule has 4 rings (SSSR count). The highest BCUT2D eigenvalue weighted by molar-refractivity contribution is 6.46. The van der Waals surface area contributed by atoms with Crippen molar-refractivity contribution in [2.75, 3.05) is 27.4 Å². The number of amides is 1. The normalized spacial score (nSPS) is 18.2. The molecule has 0 bridgehead atoms. The Labute approximate surface area is 183 Å². The van der Waals surface area contributed by atoms with E-state index in [1.807, 2.05) is 24.3 Å². The van der Waals surface area contributed by atoms with Crippen molar-refractivity contribution >= 4 is 40.0 Å². The van der Waals surface area contributed by atoms with Crippen LogP contribution in [0.5, 0.6) is 5.75 Å². The van der Waals surface area contributed by atoms with Gasteiger partial charge in [-0.05, 0) is 24.3 Å². The predicted octanol–water partition coefficient (Wildman–Crippen LogP) is 3.90. The van der Waals surface area contributed by atoms with Crippen molar-refractivity contribution in [1.29, 1.82) is 0 Å². The number of carbonyl (C=O) groups is 2. The van der Waals surface area contributed by atoms with Crippen molar-refractivity contribution in [3.63, 3.8) is 0 Å². The van der Waals surface area contributed by atoms with Crippen LogP contribution in [0.25, 0.3) is 16.7 Å². The second-order valence-corrected chi connectivity index (χ2v) is 7.56. The van der Waals surface area contributed by atoms with Crippen LogP contribution in [0.15, 0.2) is 54.2 Å². The number of rotatable bonds is 6. The van der Waals surface area contributed by atoms with Gasteiger partial charge >= 0.3 is 0 Å². The van der Waals surface area contributed by atoms with Gasteiger partial charge in [0.1, 0.15) is 11.5 Å². The first-order valence-corrected chi connectivity index (χ1v) is 10.0. The summed E-state index contributed by atoms with van der Waals surface area (Å²) in [5, 5.41) is 12.4. The van der Waals surface area contributed by atoms with Crippen molar-refractivity contribution in [2.45, 2.75) is 6.04 Å². The number of para-hydroxylation sites is 1. The summed E-state index contributed by atoms with van der Waals surface area (Å²) in [6, 6.07) is 11.5. The summed E-state index contributed by atoms with van der Waals surface area (Å²) in [5.41, 5.74) is 1.78. The Bertz CT molecular complexity index is 1200. The smallest absolute Gasteiger partial charge is 0.295 e. The summed E-state index contributed by atoms with van der Waals surface area (Å²) >= 11 is 6.13. The Morgan fingerprint density at radius 3 is 2.71 bits per heavy atom. The number of benzene rings is 2. The number of hydrogen-bond donors (Lipinski definition) is 2. The zero-order chi connectivity index (χ0) is 22.1. The fraction of sp³-hybridized carbons (Fsp3) is 0.217. The predicted molar refractivity (Wildman–Crippen MR) is 117 cm³/mol. The van der Waals surface area contributed by atoms with Gasteiger partial charge in [0.2, 0.25) is 0 Å². The number of aromatic amines is 1. The number of ketones is 1. The van der Waals surface area contributed by atoms with E-state index in [1.165, 1.54) is 25.2 Å². The van der Waals surface area contributed by atoms with E-state index in [4.69, 9.17) is 21.1 Å². The van der Waals surface area contributed by atoms with Crippen molar-refractivity contribution in [3.05, 3.63) is 70.4 Å². The summed E-state index contributed by atoms with van der Waals surface area (Å²) in [4.78, 5) is 30.6. The Morgan fingerprint density at radius 2 is 1.97 bits per heavy atom. The number of nitrogens with zero attached hydrogens (tertiary/aromatic N) is 1. The SMILES string of the molecule is COCCN1C(=O)C(=O)/C(=C(/O)c2cc(Cl)ccc2OC)C1c1c[nH]c2ccccc12. The Hall–Kier alpha value is -3.29. The van der Waals surface area contributed by atoms with Crippen molar-refractivity contribution in [1.82, 2.24) is 9.88 Å². The topological polar surface area (TPSA) is 91.9 Å². The van der Waals surface area contributed by atoms with E-state index in [0.717, 1.165) is 10.9 Å². The second-order valence-electron chi connectivity index (χ2n) is 7.12. The molecule has 2 heterocycles. The number of aromatic nitrogens is 1. The molecule has 31 heavy (non-hydrogen) atoms. The van der Waals surface area contributed by atoms with E-state index in [9.17, 15) is 14.7 Å². The Balaban J connectivity index is 1.96. The summed E-state index contributed by atoms with van der Waals surface area (Å²) < 4.78 is 10.5. The minimum atomic E-state index is -0.796. The average Bonchev–Trinajstić information content (AvgIpc) is 3.30. The molecule has 1 atom stereocenters. The minimum Gasteiger partial charge on any atom is -0.507 e. The van der Waals surface area contributed by atoms with Crippen molar-refractivity contribution in [3.8, 4) is 5.75 Å². The van der Waals surface area contributed by atoms with Gasteiger partial charge in [0, 0.05) is 41.3 Å². The number of nitrogens with one attached hydrogen (secondary N) is 1. The highest BCUT2D eigenvalue weighted by atomic mass is 35.5. The number of methoxy groups -OCH3 is 2. The van der Waals surface area contributed by atoms with Gasteiger partial charge in [-0.2, -0.15) is 0 Å². The quantitative estimate of drug-likeness (QED) is 0.344. The molecule has 1 aliphatic heterocycles. The van der Waals surface area contributed by atoms with E-state index < -0.39 is 17.7 Å². The zero-order valence-corrected chi connectivity index (χ0v) is 17.8. The van der Waals surface area contributed by atoms with Gasteiger partial charge in [0.25, 0.3) is 11.7 Å². The first kappa shape index (κ1) is 21.0. The summed E-state index contributed by atoms with van der Waals surface area (Å²) in [5.74, 6) is -1.48. The maximum Gasteiger partial charge on any atom is 0.295 e.